The van der Waals surface area contributed by atoms with Gasteiger partial charge in [0.2, 0.25) is 5.91 Å². The maximum Gasteiger partial charge on any atom is 0.234 e. The fourth-order valence-corrected chi connectivity index (χ4v) is 5.36. The van der Waals surface area contributed by atoms with Gasteiger partial charge in [0, 0.05) is 42.3 Å². The van der Waals surface area contributed by atoms with Gasteiger partial charge in [0.1, 0.15) is 5.82 Å². The standard InChI is InChI=1S/C27H25N7OS/c35-25(29-20-12-13-23-22(16-20)30-24-11-5-2-6-15-33(23)24)18-36-27-32-31-26(19-8-7-14-28-17-19)34(27)21-9-3-1-4-10-21/h1,3-4,7-10,12-14,16-17H,2,5-6,11,15,18H2,(H,29,35). The molecule has 180 valence electrons. The average molecular weight is 496 g/mol. The molecule has 1 N–H and O–H groups in total. The second-order valence-corrected chi connectivity index (χ2v) is 9.69. The molecule has 1 amide bonds. The van der Waals surface area contributed by atoms with Gasteiger partial charge in [-0.05, 0) is 55.3 Å². The highest BCUT2D eigenvalue weighted by atomic mass is 32.2. The molecule has 0 saturated carbocycles. The lowest BCUT2D eigenvalue weighted by Gasteiger charge is -2.10. The zero-order valence-electron chi connectivity index (χ0n) is 19.7. The topological polar surface area (TPSA) is 90.5 Å². The summed E-state index contributed by atoms with van der Waals surface area (Å²) < 4.78 is 4.28. The first-order chi connectivity index (χ1) is 17.8. The van der Waals surface area contributed by atoms with E-state index in [2.05, 4.69) is 31.1 Å². The zero-order valence-corrected chi connectivity index (χ0v) is 20.5. The quantitative estimate of drug-likeness (QED) is 0.328. The Labute approximate surface area is 212 Å². The van der Waals surface area contributed by atoms with Crippen molar-refractivity contribution in [3.8, 4) is 17.1 Å². The number of carbonyl (C=O) groups excluding carboxylic acids is 1. The minimum atomic E-state index is -0.106. The summed E-state index contributed by atoms with van der Waals surface area (Å²) in [6.07, 6.45) is 8.11. The molecule has 0 radical (unpaired) electrons. The van der Waals surface area contributed by atoms with E-state index in [1.54, 1.807) is 12.4 Å². The number of para-hydroxylation sites is 1. The summed E-state index contributed by atoms with van der Waals surface area (Å²) in [6, 6.07) is 19.7. The number of imidazole rings is 1. The van der Waals surface area contributed by atoms with Crippen molar-refractivity contribution < 1.29 is 4.79 Å². The Morgan fingerprint density at radius 2 is 1.92 bits per heavy atom. The number of nitrogens with one attached hydrogen (secondary N) is 1. The predicted molar refractivity (Wildman–Crippen MR) is 141 cm³/mol. The van der Waals surface area contributed by atoms with Crippen LogP contribution < -0.4 is 5.32 Å². The molecule has 9 heteroatoms. The van der Waals surface area contributed by atoms with Gasteiger partial charge in [-0.25, -0.2) is 4.98 Å². The van der Waals surface area contributed by atoms with E-state index in [4.69, 9.17) is 4.98 Å². The molecule has 0 atom stereocenters. The third kappa shape index (κ3) is 4.49. The molecule has 5 aromatic rings. The Balaban J connectivity index is 1.20. The lowest BCUT2D eigenvalue weighted by Crippen LogP contribution is -2.14. The second kappa shape index (κ2) is 9.94. The van der Waals surface area contributed by atoms with Crippen LogP contribution in [-0.2, 0) is 17.8 Å². The van der Waals surface area contributed by atoms with Crippen LogP contribution in [0.25, 0.3) is 28.1 Å². The van der Waals surface area contributed by atoms with Gasteiger partial charge in [0.25, 0.3) is 0 Å². The van der Waals surface area contributed by atoms with E-state index in [1.807, 2.05) is 59.2 Å². The molecule has 3 aromatic heterocycles. The Hall–Kier alpha value is -3.98. The first-order valence-corrected chi connectivity index (χ1v) is 13.1. The third-order valence-electron chi connectivity index (χ3n) is 6.29. The summed E-state index contributed by atoms with van der Waals surface area (Å²) in [5.74, 6) is 1.93. The highest BCUT2D eigenvalue weighted by Gasteiger charge is 2.18. The van der Waals surface area contributed by atoms with Crippen LogP contribution in [0.4, 0.5) is 5.69 Å². The van der Waals surface area contributed by atoms with Crippen LogP contribution in [0.15, 0.2) is 78.2 Å². The van der Waals surface area contributed by atoms with E-state index >= 15 is 0 Å². The number of aryl methyl sites for hydroxylation is 2. The summed E-state index contributed by atoms with van der Waals surface area (Å²) in [5, 5.41) is 12.5. The SMILES string of the molecule is O=C(CSc1nnc(-c2cccnc2)n1-c1ccccc1)Nc1ccc2c(c1)nc1n2CCCCC1. The largest absolute Gasteiger partial charge is 0.328 e. The lowest BCUT2D eigenvalue weighted by molar-refractivity contribution is -0.113. The molecule has 1 aliphatic rings. The molecule has 2 aromatic carbocycles. The van der Waals surface area contributed by atoms with Gasteiger partial charge in [0.15, 0.2) is 11.0 Å². The number of pyridine rings is 1. The van der Waals surface area contributed by atoms with E-state index in [9.17, 15) is 4.79 Å². The molecule has 0 bridgehead atoms. The highest BCUT2D eigenvalue weighted by Crippen LogP contribution is 2.28. The number of aromatic nitrogens is 6. The van der Waals surface area contributed by atoms with Gasteiger partial charge >= 0.3 is 0 Å². The Morgan fingerprint density at radius 3 is 2.78 bits per heavy atom. The third-order valence-corrected chi connectivity index (χ3v) is 7.22. The summed E-state index contributed by atoms with van der Waals surface area (Å²) in [6.45, 7) is 1.01. The monoisotopic (exact) mass is 495 g/mol. The minimum Gasteiger partial charge on any atom is -0.328 e. The van der Waals surface area contributed by atoms with E-state index in [1.165, 1.54) is 31.0 Å². The number of thioether (sulfide) groups is 1. The number of rotatable bonds is 6. The van der Waals surface area contributed by atoms with Gasteiger partial charge in [-0.1, -0.05) is 36.4 Å². The van der Waals surface area contributed by atoms with Crippen LogP contribution in [-0.4, -0.2) is 41.0 Å². The van der Waals surface area contributed by atoms with Crippen LogP contribution in [0.3, 0.4) is 0 Å². The van der Waals surface area contributed by atoms with Crippen molar-refractivity contribution in [1.29, 1.82) is 0 Å². The zero-order chi connectivity index (χ0) is 24.3. The highest BCUT2D eigenvalue weighted by molar-refractivity contribution is 7.99. The summed E-state index contributed by atoms with van der Waals surface area (Å²) >= 11 is 1.35. The van der Waals surface area contributed by atoms with Crippen molar-refractivity contribution in [3.63, 3.8) is 0 Å². The number of carbonyl (C=O) groups is 1. The van der Waals surface area contributed by atoms with Crippen molar-refractivity contribution in [3.05, 3.63) is 78.9 Å². The van der Waals surface area contributed by atoms with E-state index in [0.29, 0.717) is 11.0 Å². The van der Waals surface area contributed by atoms with Gasteiger partial charge < -0.3 is 9.88 Å². The van der Waals surface area contributed by atoms with Crippen molar-refractivity contribution in [1.82, 2.24) is 29.3 Å². The van der Waals surface area contributed by atoms with Crippen LogP contribution in [0.2, 0.25) is 0 Å². The summed E-state index contributed by atoms with van der Waals surface area (Å²) in [7, 11) is 0. The Kier molecular flexibility index (Phi) is 6.21. The van der Waals surface area contributed by atoms with Crippen molar-refractivity contribution >= 4 is 34.4 Å². The first-order valence-electron chi connectivity index (χ1n) is 12.1. The Morgan fingerprint density at radius 1 is 1.00 bits per heavy atom. The molecule has 0 saturated heterocycles. The Bertz CT molecular complexity index is 1510. The number of amides is 1. The molecule has 0 unspecified atom stereocenters. The van der Waals surface area contributed by atoms with Gasteiger partial charge in [0.05, 0.1) is 16.8 Å². The number of hydrogen-bond acceptors (Lipinski definition) is 6. The van der Waals surface area contributed by atoms with Gasteiger partial charge in [-0.15, -0.1) is 10.2 Å². The van der Waals surface area contributed by atoms with Crippen LogP contribution in [0, 0.1) is 0 Å². The molecular formula is C27H25N7OS. The van der Waals surface area contributed by atoms with Crippen molar-refractivity contribution in [2.75, 3.05) is 11.1 Å². The predicted octanol–water partition coefficient (Wildman–Crippen LogP) is 5.14. The average Bonchev–Trinajstić information content (AvgIpc) is 3.41. The second-order valence-electron chi connectivity index (χ2n) is 8.75. The van der Waals surface area contributed by atoms with Gasteiger partial charge in [-0.2, -0.15) is 0 Å². The fraction of sp³-hybridized carbons (Fsp3) is 0.222. The van der Waals surface area contributed by atoms with E-state index in [-0.39, 0.29) is 11.7 Å². The van der Waals surface area contributed by atoms with Crippen molar-refractivity contribution in [2.45, 2.75) is 37.4 Å². The number of fused-ring (bicyclic) bond motifs is 3. The molecule has 0 fully saturated rings. The van der Waals surface area contributed by atoms with E-state index < -0.39 is 0 Å². The molecule has 6 rings (SSSR count). The smallest absolute Gasteiger partial charge is 0.234 e. The van der Waals surface area contributed by atoms with Crippen LogP contribution >= 0.6 is 11.8 Å². The number of anilines is 1. The number of benzene rings is 2. The minimum absolute atomic E-state index is 0.106. The van der Waals surface area contributed by atoms with E-state index in [0.717, 1.165) is 46.8 Å². The molecular weight excluding hydrogens is 470 g/mol. The fourth-order valence-electron chi connectivity index (χ4n) is 4.61. The number of hydrogen-bond donors (Lipinski definition) is 1. The molecule has 0 aliphatic carbocycles. The molecule has 4 heterocycles. The van der Waals surface area contributed by atoms with Crippen LogP contribution in [0.1, 0.15) is 25.1 Å². The van der Waals surface area contributed by atoms with Crippen molar-refractivity contribution in [2.24, 2.45) is 0 Å². The molecule has 8 nitrogen and oxygen atoms in total. The maximum absolute atomic E-state index is 12.9. The van der Waals surface area contributed by atoms with Gasteiger partial charge in [-0.3, -0.25) is 14.3 Å². The van der Waals surface area contributed by atoms with Crippen LogP contribution in [0.5, 0.6) is 0 Å². The molecule has 0 spiro atoms. The maximum atomic E-state index is 12.9. The lowest BCUT2D eigenvalue weighted by atomic mass is 10.2. The number of nitrogens with zero attached hydrogens (tertiary/aromatic N) is 6. The molecule has 36 heavy (non-hydrogen) atoms. The summed E-state index contributed by atoms with van der Waals surface area (Å²) in [5.41, 5.74) is 4.61. The normalized spacial score (nSPS) is 13.3. The summed E-state index contributed by atoms with van der Waals surface area (Å²) in [4.78, 5) is 21.9. The first kappa shape index (κ1) is 22.5. The molecule has 1 aliphatic heterocycles.